The number of imidazole rings is 1. The van der Waals surface area contributed by atoms with Gasteiger partial charge in [0.1, 0.15) is 11.8 Å². The van der Waals surface area contributed by atoms with Gasteiger partial charge in [-0.05, 0) is 6.08 Å². The number of hydrogen-bond donors (Lipinski definition) is 3. The summed E-state index contributed by atoms with van der Waals surface area (Å²) in [5, 5.41) is 19.5. The van der Waals surface area contributed by atoms with Crippen LogP contribution >= 0.6 is 11.6 Å². The Balaban J connectivity index is 2.09. The zero-order chi connectivity index (χ0) is 14.3. The molecule has 20 heavy (non-hydrogen) atoms. The molecule has 2 heterocycles. The van der Waals surface area contributed by atoms with E-state index in [2.05, 4.69) is 15.0 Å². The molecule has 0 aromatic carbocycles. The van der Waals surface area contributed by atoms with Crippen LogP contribution in [0.5, 0.6) is 0 Å². The number of allylic oxidation sites excluding steroid dienone is 1. The van der Waals surface area contributed by atoms with Crippen molar-refractivity contribution >= 4 is 28.6 Å². The molecule has 0 fully saturated rings. The van der Waals surface area contributed by atoms with Crippen LogP contribution in [-0.4, -0.2) is 42.9 Å². The summed E-state index contributed by atoms with van der Waals surface area (Å²) in [5.41, 5.74) is 6.86. The Morgan fingerprint density at radius 2 is 2.05 bits per heavy atom. The zero-order valence-corrected chi connectivity index (χ0v) is 11.3. The third kappa shape index (κ3) is 1.86. The van der Waals surface area contributed by atoms with Gasteiger partial charge in [-0.1, -0.05) is 11.6 Å². The highest BCUT2D eigenvalue weighted by atomic mass is 35.5. The minimum absolute atomic E-state index is 0.0944. The average molecular weight is 296 g/mol. The van der Waals surface area contributed by atoms with Crippen LogP contribution in [0.4, 0.5) is 5.82 Å². The van der Waals surface area contributed by atoms with Crippen molar-refractivity contribution in [3.8, 4) is 0 Å². The molecule has 8 heteroatoms. The predicted octanol–water partition coefficient (Wildman–Crippen LogP) is 0.303. The average Bonchev–Trinajstić information content (AvgIpc) is 2.99. The number of halogens is 1. The molecule has 4 N–H and O–H groups in total. The van der Waals surface area contributed by atoms with Gasteiger partial charge in [-0.15, -0.1) is 0 Å². The van der Waals surface area contributed by atoms with Crippen molar-refractivity contribution in [3.63, 3.8) is 0 Å². The first-order valence-electron chi connectivity index (χ1n) is 6.19. The molecular weight excluding hydrogens is 282 g/mol. The van der Waals surface area contributed by atoms with Crippen LogP contribution in [0, 0.1) is 11.8 Å². The molecule has 1 aliphatic rings. The largest absolute Gasteiger partial charge is 0.396 e. The molecule has 3 atom stereocenters. The number of aliphatic hydroxyl groups is 2. The first-order chi connectivity index (χ1) is 9.67. The molecule has 0 bridgehead atoms. The monoisotopic (exact) mass is 295 g/mol. The molecule has 2 aromatic heterocycles. The number of hydrogen-bond acceptors (Lipinski definition) is 6. The van der Waals surface area contributed by atoms with Crippen molar-refractivity contribution in [2.24, 2.45) is 11.8 Å². The van der Waals surface area contributed by atoms with Gasteiger partial charge in [0, 0.05) is 23.5 Å². The van der Waals surface area contributed by atoms with Gasteiger partial charge in [-0.25, -0.2) is 15.0 Å². The van der Waals surface area contributed by atoms with Crippen LogP contribution in [0.2, 0.25) is 0 Å². The number of aliphatic hydroxyl groups excluding tert-OH is 2. The Kier molecular flexibility index (Phi) is 3.33. The highest BCUT2D eigenvalue weighted by Crippen LogP contribution is 2.41. The summed E-state index contributed by atoms with van der Waals surface area (Å²) in [6, 6.07) is -0.219. The second-order valence-corrected chi connectivity index (χ2v) is 5.20. The molecule has 1 aliphatic carbocycles. The van der Waals surface area contributed by atoms with Gasteiger partial charge in [0.05, 0.1) is 19.0 Å². The summed E-state index contributed by atoms with van der Waals surface area (Å²) in [5.74, 6) is -0.189. The third-order valence-electron chi connectivity index (χ3n) is 3.76. The third-order valence-corrected chi connectivity index (χ3v) is 4.16. The normalized spacial score (nSPS) is 26.1. The van der Waals surface area contributed by atoms with E-state index in [4.69, 9.17) is 17.3 Å². The number of nitrogens with zero attached hydrogens (tertiary/aromatic N) is 4. The van der Waals surface area contributed by atoms with Gasteiger partial charge in [-0.2, -0.15) is 0 Å². The summed E-state index contributed by atoms with van der Waals surface area (Å²) in [6.07, 6.45) is 4.78. The predicted molar refractivity (Wildman–Crippen MR) is 73.9 cm³/mol. The molecule has 106 valence electrons. The molecule has 0 saturated heterocycles. The Morgan fingerprint density at radius 3 is 2.75 bits per heavy atom. The van der Waals surface area contributed by atoms with E-state index in [9.17, 15) is 10.2 Å². The van der Waals surface area contributed by atoms with E-state index in [1.807, 2.05) is 6.08 Å². The van der Waals surface area contributed by atoms with Crippen molar-refractivity contribution in [1.29, 1.82) is 0 Å². The van der Waals surface area contributed by atoms with Crippen molar-refractivity contribution in [2.75, 3.05) is 18.9 Å². The van der Waals surface area contributed by atoms with Crippen molar-refractivity contribution in [2.45, 2.75) is 6.04 Å². The van der Waals surface area contributed by atoms with E-state index >= 15 is 0 Å². The van der Waals surface area contributed by atoms with Gasteiger partial charge >= 0.3 is 0 Å². The second-order valence-electron chi connectivity index (χ2n) is 4.76. The zero-order valence-electron chi connectivity index (χ0n) is 10.5. The van der Waals surface area contributed by atoms with Crippen LogP contribution in [0.25, 0.3) is 11.2 Å². The molecule has 0 radical (unpaired) electrons. The number of nitrogens with two attached hydrogens (primary N) is 1. The van der Waals surface area contributed by atoms with Crippen molar-refractivity contribution < 1.29 is 10.2 Å². The Morgan fingerprint density at radius 1 is 1.25 bits per heavy atom. The number of aromatic nitrogens is 4. The molecule has 0 spiro atoms. The number of anilines is 1. The second kappa shape index (κ2) is 5.01. The minimum Gasteiger partial charge on any atom is -0.396 e. The standard InChI is InChI=1S/C12H14ClN5O2/c13-8-1-9(7(3-20)6(8)2-19)18-5-17-10-11(14)15-4-16-12(10)18/h1,4-7,9,19-20H,2-3H2,(H2,14,15,16)/t6-,7-,9-/m1/s1. The van der Waals surface area contributed by atoms with Crippen LogP contribution in [0.1, 0.15) is 6.04 Å². The van der Waals surface area contributed by atoms with E-state index in [0.717, 1.165) is 0 Å². The maximum absolute atomic E-state index is 9.59. The number of rotatable bonds is 3. The maximum Gasteiger partial charge on any atom is 0.165 e. The quantitative estimate of drug-likeness (QED) is 0.751. The summed E-state index contributed by atoms with van der Waals surface area (Å²) >= 11 is 6.14. The fourth-order valence-corrected chi connectivity index (χ4v) is 3.05. The summed E-state index contributed by atoms with van der Waals surface area (Å²) in [4.78, 5) is 12.3. The van der Waals surface area contributed by atoms with E-state index in [-0.39, 0.29) is 31.1 Å². The van der Waals surface area contributed by atoms with Gasteiger partial charge < -0.3 is 20.5 Å². The van der Waals surface area contributed by atoms with Crippen LogP contribution < -0.4 is 5.73 Å². The van der Waals surface area contributed by atoms with Crippen LogP contribution in [-0.2, 0) is 0 Å². The van der Waals surface area contributed by atoms with E-state index in [1.54, 1.807) is 10.9 Å². The van der Waals surface area contributed by atoms with Crippen LogP contribution in [0.3, 0.4) is 0 Å². The fourth-order valence-electron chi connectivity index (χ4n) is 2.69. The number of nitrogen functional groups attached to an aromatic ring is 1. The molecule has 0 amide bonds. The molecule has 0 unspecified atom stereocenters. The lowest BCUT2D eigenvalue weighted by Gasteiger charge is -2.23. The van der Waals surface area contributed by atoms with Crippen molar-refractivity contribution in [1.82, 2.24) is 19.5 Å². The van der Waals surface area contributed by atoms with Gasteiger partial charge in [0.2, 0.25) is 0 Å². The summed E-state index contributed by atoms with van der Waals surface area (Å²) < 4.78 is 1.80. The maximum atomic E-state index is 9.59. The minimum atomic E-state index is -0.275. The van der Waals surface area contributed by atoms with E-state index in [1.165, 1.54) is 6.33 Å². The molecule has 0 aliphatic heterocycles. The summed E-state index contributed by atoms with van der Waals surface area (Å²) in [6.45, 7) is -0.205. The van der Waals surface area contributed by atoms with Crippen molar-refractivity contribution in [3.05, 3.63) is 23.8 Å². The highest BCUT2D eigenvalue weighted by molar-refractivity contribution is 6.30. The Bertz CT molecular complexity index is 671. The van der Waals surface area contributed by atoms with Gasteiger partial charge in [-0.3, -0.25) is 0 Å². The molecular formula is C12H14ClN5O2. The molecule has 2 aromatic rings. The van der Waals surface area contributed by atoms with Gasteiger partial charge in [0.15, 0.2) is 11.5 Å². The number of fused-ring (bicyclic) bond motifs is 1. The molecule has 7 nitrogen and oxygen atoms in total. The lowest BCUT2D eigenvalue weighted by atomic mass is 9.94. The van der Waals surface area contributed by atoms with Crippen LogP contribution in [0.15, 0.2) is 23.8 Å². The lowest BCUT2D eigenvalue weighted by Crippen LogP contribution is -2.25. The van der Waals surface area contributed by atoms with E-state index in [0.29, 0.717) is 22.0 Å². The Labute approximate surface area is 119 Å². The Hall–Kier alpha value is -1.70. The first kappa shape index (κ1) is 13.3. The van der Waals surface area contributed by atoms with Gasteiger partial charge in [0.25, 0.3) is 0 Å². The lowest BCUT2D eigenvalue weighted by molar-refractivity contribution is 0.130. The first-order valence-corrected chi connectivity index (χ1v) is 6.57. The highest BCUT2D eigenvalue weighted by Gasteiger charge is 2.37. The smallest absolute Gasteiger partial charge is 0.165 e. The fraction of sp³-hybridized carbons (Fsp3) is 0.417. The molecule has 0 saturated carbocycles. The topological polar surface area (TPSA) is 110 Å². The molecule has 3 rings (SSSR count). The summed E-state index contributed by atoms with van der Waals surface area (Å²) in [7, 11) is 0. The SMILES string of the molecule is Nc1ncnc2c1ncn2[C@@H]1C=C(Cl)[C@H](CO)[C@H]1CO. The van der Waals surface area contributed by atoms with E-state index < -0.39 is 0 Å².